The number of halogens is 1. The van der Waals surface area contributed by atoms with Gasteiger partial charge < -0.3 is 24.6 Å². The number of fused-ring (bicyclic) bond motifs is 1. The molecule has 3 aromatic rings. The molecule has 270 valence electrons. The summed E-state index contributed by atoms with van der Waals surface area (Å²) in [5.74, 6) is -1.32. The number of amides is 6. The van der Waals surface area contributed by atoms with Crippen molar-refractivity contribution in [2.75, 3.05) is 36.5 Å². The van der Waals surface area contributed by atoms with Gasteiger partial charge in [-0.25, -0.2) is 9.78 Å². The third-order valence-corrected chi connectivity index (χ3v) is 9.67. The van der Waals surface area contributed by atoms with Gasteiger partial charge in [-0.3, -0.25) is 29.4 Å². The molecular formula is C37H38ClN7O7. The van der Waals surface area contributed by atoms with Gasteiger partial charge in [0.25, 0.3) is 11.8 Å². The Kier molecular flexibility index (Phi) is 10.9. The van der Waals surface area contributed by atoms with Gasteiger partial charge in [0.05, 0.1) is 46.8 Å². The average Bonchev–Trinajstić information content (AvgIpc) is 3.37. The number of imide groups is 2. The van der Waals surface area contributed by atoms with Gasteiger partial charge in [0.15, 0.2) is 0 Å². The fourth-order valence-electron chi connectivity index (χ4n) is 6.57. The molecule has 2 fully saturated rings. The summed E-state index contributed by atoms with van der Waals surface area (Å²) in [5.41, 5.74) is 2.27. The third-order valence-electron chi connectivity index (χ3n) is 9.36. The average molecular weight is 728 g/mol. The number of urea groups is 1. The van der Waals surface area contributed by atoms with Crippen LogP contribution in [0, 0.1) is 11.3 Å². The van der Waals surface area contributed by atoms with E-state index in [2.05, 4.69) is 26.6 Å². The third kappa shape index (κ3) is 7.79. The lowest BCUT2D eigenvalue weighted by Gasteiger charge is -2.45. The standard InChI is InChI=1S/C37H38ClN7O7/c1-22-21-44(23(2)20-43(22)26-8-6-24(18-39)30(38)16-26)37(50)41-25-7-13-33(40-19-25)52-15-5-3-4-14-51-27-9-10-28-29(17-27)36(49)45(35(28)48)31-11-12-32(46)42-34(31)47/h6-10,13,16-17,19,22-23,31H,3-5,11-12,14-15,20-21H2,1-2H3,(H,41,50)(H,42,46,47)/t22-,23+,31?/m0/s1. The Morgan fingerprint density at radius 2 is 1.73 bits per heavy atom. The molecule has 0 spiro atoms. The van der Waals surface area contributed by atoms with Crippen LogP contribution in [0.15, 0.2) is 54.7 Å². The van der Waals surface area contributed by atoms with Crippen LogP contribution >= 0.6 is 11.6 Å². The predicted molar refractivity (Wildman–Crippen MR) is 190 cm³/mol. The van der Waals surface area contributed by atoms with E-state index in [-0.39, 0.29) is 42.1 Å². The van der Waals surface area contributed by atoms with Crippen LogP contribution in [-0.2, 0) is 9.59 Å². The maximum Gasteiger partial charge on any atom is 0.322 e. The Hall–Kier alpha value is -5.68. The molecular weight excluding hydrogens is 690 g/mol. The number of nitrogens with zero attached hydrogens (tertiary/aromatic N) is 5. The maximum absolute atomic E-state index is 13.2. The molecule has 1 aromatic heterocycles. The monoisotopic (exact) mass is 727 g/mol. The number of ether oxygens (including phenoxy) is 2. The molecule has 2 N–H and O–H groups in total. The normalized spacial score (nSPS) is 20.0. The van der Waals surface area contributed by atoms with E-state index >= 15 is 0 Å². The van der Waals surface area contributed by atoms with Gasteiger partial charge in [-0.05, 0) is 82.0 Å². The summed E-state index contributed by atoms with van der Waals surface area (Å²) in [6, 6.07) is 14.3. The minimum absolute atomic E-state index is 0.0306. The first kappa shape index (κ1) is 36.1. The van der Waals surface area contributed by atoms with E-state index in [4.69, 9.17) is 21.1 Å². The Bertz CT molecular complexity index is 1930. The smallest absolute Gasteiger partial charge is 0.322 e. The topological polar surface area (TPSA) is 174 Å². The van der Waals surface area contributed by atoms with Crippen molar-refractivity contribution in [1.82, 2.24) is 20.1 Å². The molecule has 0 bridgehead atoms. The van der Waals surface area contributed by atoms with Gasteiger partial charge in [-0.15, -0.1) is 0 Å². The number of hydrogen-bond acceptors (Lipinski definition) is 10. The first-order valence-corrected chi connectivity index (χ1v) is 17.5. The first-order chi connectivity index (χ1) is 25.0. The van der Waals surface area contributed by atoms with E-state index in [1.54, 1.807) is 41.4 Å². The number of benzene rings is 2. The fraction of sp³-hybridized carbons (Fsp3) is 0.378. The highest BCUT2D eigenvalue weighted by atomic mass is 35.5. The maximum atomic E-state index is 13.2. The highest BCUT2D eigenvalue weighted by molar-refractivity contribution is 6.32. The Labute approximate surface area is 305 Å². The molecule has 1 unspecified atom stereocenters. The molecule has 0 aliphatic carbocycles. The number of piperidine rings is 1. The number of unbranched alkanes of at least 4 members (excludes halogenated alkanes) is 2. The molecule has 6 rings (SSSR count). The van der Waals surface area contributed by atoms with Crippen molar-refractivity contribution < 1.29 is 33.4 Å². The summed E-state index contributed by atoms with van der Waals surface area (Å²) in [6.45, 7) is 5.97. The summed E-state index contributed by atoms with van der Waals surface area (Å²) in [5, 5.41) is 14.7. The molecule has 6 amide bonds. The largest absolute Gasteiger partial charge is 0.494 e. The highest BCUT2D eigenvalue weighted by Crippen LogP contribution is 2.31. The zero-order chi connectivity index (χ0) is 36.9. The zero-order valence-corrected chi connectivity index (χ0v) is 29.5. The van der Waals surface area contributed by atoms with Gasteiger partial charge in [0, 0.05) is 43.3 Å². The Morgan fingerprint density at radius 3 is 2.44 bits per heavy atom. The number of aromatic nitrogens is 1. The summed E-state index contributed by atoms with van der Waals surface area (Å²) in [6.07, 6.45) is 4.00. The van der Waals surface area contributed by atoms with Crippen LogP contribution in [0.25, 0.3) is 0 Å². The van der Waals surface area contributed by atoms with Gasteiger partial charge >= 0.3 is 6.03 Å². The molecule has 4 heterocycles. The predicted octanol–water partition coefficient (Wildman–Crippen LogP) is 4.77. The summed E-state index contributed by atoms with van der Waals surface area (Å²) in [7, 11) is 0. The van der Waals surface area contributed by atoms with Crippen LogP contribution in [0.5, 0.6) is 11.6 Å². The second-order valence-corrected chi connectivity index (χ2v) is 13.4. The number of nitrogens with one attached hydrogen (secondary N) is 2. The van der Waals surface area contributed by atoms with Crippen molar-refractivity contribution in [2.24, 2.45) is 0 Å². The Morgan fingerprint density at radius 1 is 0.962 bits per heavy atom. The van der Waals surface area contributed by atoms with Crippen LogP contribution in [0.4, 0.5) is 16.2 Å². The molecule has 15 heteroatoms. The van der Waals surface area contributed by atoms with E-state index in [1.807, 2.05) is 19.9 Å². The SMILES string of the molecule is C[C@@H]1CN(c2ccc(C#N)c(Cl)c2)[C@@H](C)CN1C(=O)Nc1ccc(OCCCCCOc2ccc3c(c2)C(=O)N(C2CCC(=O)NC2=O)C3=O)nc1. The van der Waals surface area contributed by atoms with Gasteiger partial charge in [-0.1, -0.05) is 11.6 Å². The first-order valence-electron chi connectivity index (χ1n) is 17.1. The summed E-state index contributed by atoms with van der Waals surface area (Å²) < 4.78 is 11.6. The quantitative estimate of drug-likeness (QED) is 0.207. The van der Waals surface area contributed by atoms with Crippen LogP contribution in [-0.4, -0.2) is 88.9 Å². The van der Waals surface area contributed by atoms with Crippen molar-refractivity contribution in [3.8, 4) is 17.7 Å². The van der Waals surface area contributed by atoms with Crippen LogP contribution < -0.4 is 25.0 Å². The number of anilines is 2. The molecule has 3 aliphatic heterocycles. The fourth-order valence-corrected chi connectivity index (χ4v) is 6.78. The second-order valence-electron chi connectivity index (χ2n) is 13.0. The number of carbonyl (C=O) groups excluding carboxylic acids is 5. The zero-order valence-electron chi connectivity index (χ0n) is 28.8. The van der Waals surface area contributed by atoms with E-state index in [0.717, 1.165) is 29.8 Å². The van der Waals surface area contributed by atoms with Crippen molar-refractivity contribution in [3.63, 3.8) is 0 Å². The number of hydrogen-bond donors (Lipinski definition) is 2. The van der Waals surface area contributed by atoms with Crippen molar-refractivity contribution in [3.05, 3.63) is 76.4 Å². The van der Waals surface area contributed by atoms with Gasteiger partial charge in [0.2, 0.25) is 17.7 Å². The lowest BCUT2D eigenvalue weighted by atomic mass is 10.0. The summed E-state index contributed by atoms with van der Waals surface area (Å²) >= 11 is 6.26. The lowest BCUT2D eigenvalue weighted by molar-refractivity contribution is -0.136. The number of pyridine rings is 1. The minimum atomic E-state index is -1.01. The highest BCUT2D eigenvalue weighted by Gasteiger charge is 2.44. The van der Waals surface area contributed by atoms with Crippen LogP contribution in [0.2, 0.25) is 5.02 Å². The molecule has 0 radical (unpaired) electrons. The lowest BCUT2D eigenvalue weighted by Crippen LogP contribution is -2.59. The van der Waals surface area contributed by atoms with E-state index in [1.165, 1.54) is 12.1 Å². The molecule has 14 nitrogen and oxygen atoms in total. The minimum Gasteiger partial charge on any atom is -0.494 e. The van der Waals surface area contributed by atoms with Crippen molar-refractivity contribution >= 4 is 52.6 Å². The molecule has 2 saturated heterocycles. The van der Waals surface area contributed by atoms with E-state index in [0.29, 0.717) is 54.2 Å². The molecule has 0 saturated carbocycles. The van der Waals surface area contributed by atoms with Gasteiger partial charge in [-0.2, -0.15) is 5.26 Å². The summed E-state index contributed by atoms with van der Waals surface area (Å²) in [4.78, 5) is 72.0. The van der Waals surface area contributed by atoms with Crippen molar-refractivity contribution in [2.45, 2.75) is 64.1 Å². The van der Waals surface area contributed by atoms with Gasteiger partial charge in [0.1, 0.15) is 17.9 Å². The number of piperazine rings is 1. The number of nitriles is 1. The molecule has 2 aromatic carbocycles. The number of rotatable bonds is 11. The molecule has 3 atom stereocenters. The molecule has 3 aliphatic rings. The molecule has 52 heavy (non-hydrogen) atoms. The van der Waals surface area contributed by atoms with E-state index < -0.39 is 29.7 Å². The van der Waals surface area contributed by atoms with Crippen LogP contribution in [0.1, 0.15) is 72.2 Å². The van der Waals surface area contributed by atoms with Crippen molar-refractivity contribution in [1.29, 1.82) is 5.26 Å². The Balaban J connectivity index is 0.893. The van der Waals surface area contributed by atoms with E-state index in [9.17, 15) is 29.2 Å². The van der Waals surface area contributed by atoms with Crippen LogP contribution in [0.3, 0.4) is 0 Å². The number of carbonyl (C=O) groups is 5. The second kappa shape index (κ2) is 15.7.